The van der Waals surface area contributed by atoms with Crippen molar-refractivity contribution >= 4 is 0 Å². The minimum Gasteiger partial charge on any atom is -0.337 e. The second-order valence-corrected chi connectivity index (χ2v) is 2.93. The molecule has 2 aromatic heterocycles. The predicted octanol–water partition coefficient (Wildman–Crippen LogP) is 2.97. The van der Waals surface area contributed by atoms with E-state index in [0.29, 0.717) is 0 Å². The molecule has 1 radical (unpaired) electrons. The van der Waals surface area contributed by atoms with Gasteiger partial charge >= 0.3 is 6.18 Å². The molecule has 2 rings (SSSR count). The van der Waals surface area contributed by atoms with Gasteiger partial charge in [-0.1, -0.05) is 12.6 Å². The molecule has 0 aromatic carbocycles. The van der Waals surface area contributed by atoms with Gasteiger partial charge in [0.05, 0.1) is 11.1 Å². The van der Waals surface area contributed by atoms with Crippen LogP contribution in [0.1, 0.15) is 18.8 Å². The van der Waals surface area contributed by atoms with E-state index in [1.165, 1.54) is 0 Å². The molecule has 0 amide bonds. The van der Waals surface area contributed by atoms with Crippen LogP contribution < -0.4 is 0 Å². The quantitative estimate of drug-likeness (QED) is 0.759. The van der Waals surface area contributed by atoms with Crippen molar-refractivity contribution in [3.8, 4) is 11.5 Å². The third kappa shape index (κ3) is 3.27. The third-order valence-corrected chi connectivity index (χ3v) is 1.82. The van der Waals surface area contributed by atoms with Gasteiger partial charge in [-0.3, -0.25) is 4.98 Å². The van der Waals surface area contributed by atoms with Crippen molar-refractivity contribution in [1.82, 2.24) is 15.1 Å². The molecule has 0 aliphatic rings. The van der Waals surface area contributed by atoms with Crippen LogP contribution in [0.3, 0.4) is 0 Å². The number of aromatic nitrogens is 3. The molecule has 0 spiro atoms. The monoisotopic (exact) mass is 295 g/mol. The van der Waals surface area contributed by atoms with Crippen molar-refractivity contribution in [2.24, 2.45) is 0 Å². The fourth-order valence-electron chi connectivity index (χ4n) is 1.18. The average Bonchev–Trinajstić information content (AvgIpc) is 2.64. The SMILES string of the molecule is C.[CH2-]c1noc(-c2cnccc2C(F)(F)F)n1.[V]. The van der Waals surface area contributed by atoms with E-state index in [2.05, 4.69) is 26.6 Å². The van der Waals surface area contributed by atoms with Gasteiger partial charge in [0.2, 0.25) is 0 Å². The van der Waals surface area contributed by atoms with Gasteiger partial charge in [0.25, 0.3) is 5.89 Å². The summed E-state index contributed by atoms with van der Waals surface area (Å²) in [6.07, 6.45) is -2.42. The molecule has 0 N–H and O–H groups in total. The van der Waals surface area contributed by atoms with Gasteiger partial charge in [-0.05, 0) is 6.07 Å². The zero-order valence-electron chi connectivity index (χ0n) is 8.27. The van der Waals surface area contributed by atoms with Gasteiger partial charge in [0.1, 0.15) is 0 Å². The summed E-state index contributed by atoms with van der Waals surface area (Å²) in [5, 5.41) is 3.32. The largest absolute Gasteiger partial charge is 0.417 e. The Morgan fingerprint density at radius 1 is 1.28 bits per heavy atom. The number of rotatable bonds is 1. The van der Waals surface area contributed by atoms with E-state index in [0.717, 1.165) is 18.5 Å². The zero-order chi connectivity index (χ0) is 11.8. The molecule has 0 unspecified atom stereocenters. The maximum absolute atomic E-state index is 12.6. The fraction of sp³-hybridized carbons (Fsp3) is 0.200. The van der Waals surface area contributed by atoms with Crippen LogP contribution in [0.5, 0.6) is 0 Å². The topological polar surface area (TPSA) is 51.8 Å². The second kappa shape index (κ2) is 5.92. The Labute approximate surface area is 113 Å². The molecule has 0 saturated heterocycles. The number of nitrogens with zero attached hydrogens (tertiary/aromatic N) is 3. The number of pyridine rings is 1. The maximum atomic E-state index is 12.6. The van der Waals surface area contributed by atoms with E-state index in [4.69, 9.17) is 0 Å². The molecule has 0 bridgehead atoms. The standard InChI is InChI=1S/C9H5F3N3O.CH4.V/c1-5-14-8(16-15-5)6-4-13-3-2-7(6)9(10,11)12;;/h2-4H,1H2;1H4;/q-1;;. The predicted molar refractivity (Wildman–Crippen MR) is 53.7 cm³/mol. The summed E-state index contributed by atoms with van der Waals surface area (Å²) in [6, 6.07) is 0.849. The van der Waals surface area contributed by atoms with E-state index >= 15 is 0 Å². The number of hydrogen-bond acceptors (Lipinski definition) is 4. The minimum atomic E-state index is -4.49. The van der Waals surface area contributed by atoms with E-state index < -0.39 is 11.7 Å². The van der Waals surface area contributed by atoms with E-state index in [-0.39, 0.29) is 43.3 Å². The molecule has 18 heavy (non-hydrogen) atoms. The summed E-state index contributed by atoms with van der Waals surface area (Å²) >= 11 is 0. The Bertz CT molecular complexity index is 513. The first kappa shape index (κ1) is 16.5. The van der Waals surface area contributed by atoms with Crippen LogP contribution in [0.15, 0.2) is 23.0 Å². The summed E-state index contributed by atoms with van der Waals surface area (Å²) in [4.78, 5) is 7.22. The normalized spacial score (nSPS) is 10.4. The van der Waals surface area contributed by atoms with Crippen LogP contribution in [-0.4, -0.2) is 15.1 Å². The van der Waals surface area contributed by atoms with Crippen molar-refractivity contribution in [3.05, 3.63) is 36.8 Å². The van der Waals surface area contributed by atoms with Crippen molar-refractivity contribution in [2.45, 2.75) is 13.6 Å². The molecule has 0 aliphatic carbocycles. The molecule has 2 heterocycles. The summed E-state index contributed by atoms with van der Waals surface area (Å²) in [5.74, 6) is -0.225. The van der Waals surface area contributed by atoms with Crippen LogP contribution in [0.4, 0.5) is 13.2 Å². The first-order valence-corrected chi connectivity index (χ1v) is 4.16. The van der Waals surface area contributed by atoms with Crippen LogP contribution in [0.25, 0.3) is 11.5 Å². The average molecular weight is 295 g/mol. The number of halogens is 3. The molecular weight excluding hydrogens is 286 g/mol. The van der Waals surface area contributed by atoms with Gasteiger partial charge in [-0.2, -0.15) is 13.2 Å². The first-order chi connectivity index (χ1) is 7.48. The molecule has 8 heteroatoms. The molecule has 2 aromatic rings. The van der Waals surface area contributed by atoms with Crippen LogP contribution in [0.2, 0.25) is 0 Å². The Morgan fingerprint density at radius 3 is 2.44 bits per heavy atom. The molecule has 4 nitrogen and oxygen atoms in total. The van der Waals surface area contributed by atoms with Crippen molar-refractivity contribution in [1.29, 1.82) is 0 Å². The van der Waals surface area contributed by atoms with E-state index in [1.807, 2.05) is 0 Å². The van der Waals surface area contributed by atoms with Crippen LogP contribution in [0, 0.1) is 6.92 Å². The van der Waals surface area contributed by atoms with E-state index in [1.54, 1.807) is 0 Å². The Balaban J connectivity index is 0.00000144. The summed E-state index contributed by atoms with van der Waals surface area (Å²) in [5.41, 5.74) is -1.12. The van der Waals surface area contributed by atoms with E-state index in [9.17, 15) is 13.2 Å². The summed E-state index contributed by atoms with van der Waals surface area (Å²) in [6.45, 7) is 3.34. The van der Waals surface area contributed by atoms with Crippen LogP contribution >= 0.6 is 0 Å². The summed E-state index contributed by atoms with van der Waals surface area (Å²) in [7, 11) is 0. The minimum absolute atomic E-state index is 0. The Hall–Kier alpha value is -1.47. The zero-order valence-corrected chi connectivity index (χ0v) is 9.67. The molecular formula is C10H9F3N3OV-. The Morgan fingerprint density at radius 2 is 1.94 bits per heavy atom. The molecule has 0 atom stereocenters. The molecule has 97 valence electrons. The second-order valence-electron chi connectivity index (χ2n) is 2.93. The maximum Gasteiger partial charge on any atom is 0.417 e. The Kier molecular flexibility index (Phi) is 5.44. The fourth-order valence-corrected chi connectivity index (χ4v) is 1.18. The van der Waals surface area contributed by atoms with Gasteiger partial charge in [-0.15, -0.1) is 0 Å². The molecule has 0 aliphatic heterocycles. The first-order valence-electron chi connectivity index (χ1n) is 4.16. The number of hydrogen-bond donors (Lipinski definition) is 0. The third-order valence-electron chi connectivity index (χ3n) is 1.82. The summed E-state index contributed by atoms with van der Waals surface area (Å²) < 4.78 is 42.4. The van der Waals surface area contributed by atoms with Gasteiger partial charge in [0.15, 0.2) is 0 Å². The van der Waals surface area contributed by atoms with Gasteiger partial charge in [-0.25, -0.2) is 4.98 Å². The van der Waals surface area contributed by atoms with Crippen molar-refractivity contribution in [3.63, 3.8) is 0 Å². The van der Waals surface area contributed by atoms with Crippen molar-refractivity contribution in [2.75, 3.05) is 0 Å². The number of alkyl halides is 3. The smallest absolute Gasteiger partial charge is 0.337 e. The van der Waals surface area contributed by atoms with Crippen molar-refractivity contribution < 1.29 is 36.3 Å². The molecule has 0 saturated carbocycles. The van der Waals surface area contributed by atoms with Gasteiger partial charge < -0.3 is 11.4 Å². The van der Waals surface area contributed by atoms with Gasteiger partial charge in [0, 0.05) is 36.8 Å². The molecule has 0 fully saturated rings. The van der Waals surface area contributed by atoms with Crippen LogP contribution in [-0.2, 0) is 24.7 Å².